The van der Waals surface area contributed by atoms with Crippen molar-refractivity contribution in [2.24, 2.45) is 0 Å². The van der Waals surface area contributed by atoms with Gasteiger partial charge in [-0.05, 0) is 49.1 Å². The van der Waals surface area contributed by atoms with Gasteiger partial charge in [-0.25, -0.2) is 0 Å². The molecule has 0 spiro atoms. The van der Waals surface area contributed by atoms with Crippen molar-refractivity contribution < 1.29 is 23.9 Å². The fourth-order valence-corrected chi connectivity index (χ4v) is 3.07. The number of rotatable bonds is 4. The van der Waals surface area contributed by atoms with Crippen LogP contribution in [-0.4, -0.2) is 32.3 Å². The van der Waals surface area contributed by atoms with E-state index in [4.69, 9.17) is 14.1 Å². The van der Waals surface area contributed by atoms with Crippen LogP contribution in [0.2, 0.25) is 0 Å². The smallest absolute Gasteiger partial charge is 0.492 e. The molecule has 0 bridgehead atoms. The summed E-state index contributed by atoms with van der Waals surface area (Å²) < 4.78 is 16.1. The number of anilines is 1. The van der Waals surface area contributed by atoms with E-state index in [1.165, 1.54) is 14.2 Å². The van der Waals surface area contributed by atoms with Crippen LogP contribution >= 0.6 is 0 Å². The first-order chi connectivity index (χ1) is 11.9. The third-order valence-corrected chi connectivity index (χ3v) is 4.29. The van der Waals surface area contributed by atoms with Crippen LogP contribution in [0.4, 0.5) is 5.69 Å². The molecule has 1 amide bonds. The maximum atomic E-state index is 12.7. The van der Waals surface area contributed by atoms with Gasteiger partial charge in [0.2, 0.25) is 0 Å². The molecule has 1 aliphatic heterocycles. The zero-order valence-corrected chi connectivity index (χ0v) is 14.6. The van der Waals surface area contributed by atoms with Gasteiger partial charge in [-0.1, -0.05) is 12.1 Å². The van der Waals surface area contributed by atoms with Crippen molar-refractivity contribution in [3.8, 4) is 11.5 Å². The summed E-state index contributed by atoms with van der Waals surface area (Å²) in [7, 11) is 1.98. The lowest BCUT2D eigenvalue weighted by Gasteiger charge is -2.19. The number of benzene rings is 2. The Morgan fingerprint density at radius 1 is 1.16 bits per heavy atom. The van der Waals surface area contributed by atoms with Crippen molar-refractivity contribution in [1.29, 1.82) is 0 Å². The van der Waals surface area contributed by atoms with Crippen LogP contribution in [-0.2, 0) is 10.3 Å². The van der Waals surface area contributed by atoms with Crippen LogP contribution < -0.4 is 20.3 Å². The average Bonchev–Trinajstić information content (AvgIpc) is 2.82. The highest BCUT2D eigenvalue weighted by Crippen LogP contribution is 2.32. The van der Waals surface area contributed by atoms with E-state index >= 15 is 0 Å². The first-order valence-electron chi connectivity index (χ1n) is 7.90. The van der Waals surface area contributed by atoms with Gasteiger partial charge in [0.15, 0.2) is 0 Å². The fraction of sp³-hybridized carbons (Fsp3) is 0.278. The molecular formula is C18H20BNO5. The molecule has 0 aromatic heterocycles. The van der Waals surface area contributed by atoms with E-state index in [1.54, 1.807) is 30.3 Å². The molecule has 0 atom stereocenters. The number of ether oxygens (including phenoxy) is 2. The molecule has 0 saturated carbocycles. The van der Waals surface area contributed by atoms with Gasteiger partial charge in [0, 0.05) is 5.69 Å². The van der Waals surface area contributed by atoms with Gasteiger partial charge < -0.3 is 24.5 Å². The summed E-state index contributed by atoms with van der Waals surface area (Å²) in [5.41, 5.74) is 1.84. The van der Waals surface area contributed by atoms with Gasteiger partial charge >= 0.3 is 7.12 Å². The van der Waals surface area contributed by atoms with E-state index in [1.807, 2.05) is 19.9 Å². The minimum atomic E-state index is -1.01. The number of amides is 1. The highest BCUT2D eigenvalue weighted by atomic mass is 16.5. The van der Waals surface area contributed by atoms with Crippen LogP contribution in [0.25, 0.3) is 0 Å². The molecule has 1 heterocycles. The Labute approximate surface area is 146 Å². The molecule has 0 saturated heterocycles. The van der Waals surface area contributed by atoms with E-state index in [9.17, 15) is 9.82 Å². The Morgan fingerprint density at radius 2 is 1.80 bits per heavy atom. The van der Waals surface area contributed by atoms with Crippen molar-refractivity contribution in [2.45, 2.75) is 19.4 Å². The van der Waals surface area contributed by atoms with Crippen LogP contribution in [0, 0.1) is 0 Å². The van der Waals surface area contributed by atoms with Crippen molar-refractivity contribution in [3.63, 3.8) is 0 Å². The molecule has 0 radical (unpaired) electrons. The lowest BCUT2D eigenvalue weighted by atomic mass is 9.78. The highest BCUT2D eigenvalue weighted by molar-refractivity contribution is 6.62. The molecule has 1 aliphatic rings. The number of nitrogens with one attached hydrogen (secondary N) is 1. The summed E-state index contributed by atoms with van der Waals surface area (Å²) in [6.07, 6.45) is 0. The van der Waals surface area contributed by atoms with Crippen molar-refractivity contribution >= 4 is 24.2 Å². The maximum absolute atomic E-state index is 12.7. The minimum Gasteiger partial charge on any atom is -0.496 e. The molecule has 0 unspecified atom stereocenters. The Bertz CT molecular complexity index is 799. The molecule has 2 aromatic carbocycles. The molecule has 3 rings (SSSR count). The van der Waals surface area contributed by atoms with Gasteiger partial charge in [0.25, 0.3) is 5.91 Å². The predicted molar refractivity (Wildman–Crippen MR) is 95.7 cm³/mol. The molecule has 2 aromatic rings. The molecule has 2 N–H and O–H groups in total. The topological polar surface area (TPSA) is 77.0 Å². The zero-order chi connectivity index (χ0) is 18.2. The number of methoxy groups -OCH3 is 2. The first-order valence-corrected chi connectivity index (χ1v) is 7.90. The fourth-order valence-electron chi connectivity index (χ4n) is 3.07. The van der Waals surface area contributed by atoms with Gasteiger partial charge in [0.1, 0.15) is 17.1 Å². The summed E-state index contributed by atoms with van der Waals surface area (Å²) >= 11 is 0. The Morgan fingerprint density at radius 3 is 2.40 bits per heavy atom. The van der Waals surface area contributed by atoms with Crippen LogP contribution in [0.5, 0.6) is 11.5 Å². The summed E-state index contributed by atoms with van der Waals surface area (Å²) in [6, 6.07) is 10.5. The molecule has 6 nitrogen and oxygen atoms in total. The van der Waals surface area contributed by atoms with E-state index in [2.05, 4.69) is 5.32 Å². The number of fused-ring (bicyclic) bond motifs is 1. The van der Waals surface area contributed by atoms with E-state index in [-0.39, 0.29) is 5.91 Å². The molecule has 25 heavy (non-hydrogen) atoms. The van der Waals surface area contributed by atoms with Crippen molar-refractivity contribution in [1.82, 2.24) is 0 Å². The SMILES string of the molecule is COc1cccc(OC)c1C(=O)Nc1ccc2c(c1)B(O)OC2(C)C. The third-order valence-electron chi connectivity index (χ3n) is 4.29. The average molecular weight is 341 g/mol. The van der Waals surface area contributed by atoms with Crippen LogP contribution in [0.1, 0.15) is 29.8 Å². The van der Waals surface area contributed by atoms with E-state index in [0.29, 0.717) is 28.2 Å². The largest absolute Gasteiger partial charge is 0.496 e. The van der Waals surface area contributed by atoms with Crippen molar-refractivity contribution in [3.05, 3.63) is 47.5 Å². The third kappa shape index (κ3) is 3.08. The minimum absolute atomic E-state index is 0.310. The Kier molecular flexibility index (Phi) is 4.45. The molecular weight excluding hydrogens is 321 g/mol. The number of carbonyl (C=O) groups is 1. The number of carbonyl (C=O) groups excluding carboxylic acids is 1. The maximum Gasteiger partial charge on any atom is 0.492 e. The predicted octanol–water partition coefficient (Wildman–Crippen LogP) is 1.91. The van der Waals surface area contributed by atoms with E-state index in [0.717, 1.165) is 5.56 Å². The Hall–Kier alpha value is -2.51. The van der Waals surface area contributed by atoms with Crippen LogP contribution in [0.15, 0.2) is 36.4 Å². The van der Waals surface area contributed by atoms with E-state index < -0.39 is 12.7 Å². The molecule has 0 fully saturated rings. The second-order valence-electron chi connectivity index (χ2n) is 6.27. The zero-order valence-electron chi connectivity index (χ0n) is 14.6. The molecule has 130 valence electrons. The molecule has 7 heteroatoms. The molecule has 0 aliphatic carbocycles. The van der Waals surface area contributed by atoms with Gasteiger partial charge in [0.05, 0.1) is 19.8 Å². The normalized spacial score (nSPS) is 14.8. The van der Waals surface area contributed by atoms with Gasteiger partial charge in [-0.15, -0.1) is 0 Å². The number of hydrogen-bond acceptors (Lipinski definition) is 5. The second-order valence-corrected chi connectivity index (χ2v) is 6.27. The summed E-state index contributed by atoms with van der Waals surface area (Å²) in [5.74, 6) is 0.479. The Balaban J connectivity index is 1.92. The summed E-state index contributed by atoms with van der Waals surface area (Å²) in [6.45, 7) is 3.78. The quantitative estimate of drug-likeness (QED) is 0.831. The summed E-state index contributed by atoms with van der Waals surface area (Å²) in [5, 5.41) is 12.9. The van der Waals surface area contributed by atoms with Gasteiger partial charge in [-0.3, -0.25) is 4.79 Å². The lowest BCUT2D eigenvalue weighted by molar-refractivity contribution is 0.100. The summed E-state index contributed by atoms with van der Waals surface area (Å²) in [4.78, 5) is 12.7. The van der Waals surface area contributed by atoms with Crippen LogP contribution in [0.3, 0.4) is 0 Å². The monoisotopic (exact) mass is 341 g/mol. The highest BCUT2D eigenvalue weighted by Gasteiger charge is 2.40. The van der Waals surface area contributed by atoms with Crippen molar-refractivity contribution in [2.75, 3.05) is 19.5 Å². The lowest BCUT2D eigenvalue weighted by Crippen LogP contribution is -2.29. The van der Waals surface area contributed by atoms with Gasteiger partial charge in [-0.2, -0.15) is 0 Å². The first kappa shape index (κ1) is 17.3. The number of hydrogen-bond donors (Lipinski definition) is 2. The second kappa shape index (κ2) is 6.42. The standard InChI is InChI=1S/C18H20BNO5/c1-18(2)12-9-8-11(10-13(12)19(22)25-18)20-17(21)16-14(23-3)6-5-7-15(16)24-4/h5-10,22H,1-4H3,(H,20,21).